The Kier molecular flexibility index (Phi) is 7.49. The SMILES string of the molecule is CCC1(CC)C[C@@H](NC(=O)CCCN(c2ccc(C)cc2)S(C)(=O)=O)c2ccccc2O1. The summed E-state index contributed by atoms with van der Waals surface area (Å²) in [6.45, 7) is 6.44. The van der Waals surface area contributed by atoms with Crippen molar-refractivity contribution in [3.8, 4) is 5.75 Å². The van der Waals surface area contributed by atoms with Crippen molar-refractivity contribution in [3.63, 3.8) is 0 Å². The van der Waals surface area contributed by atoms with Crippen LogP contribution < -0.4 is 14.4 Å². The highest BCUT2D eigenvalue weighted by Gasteiger charge is 2.38. The predicted molar refractivity (Wildman–Crippen MR) is 128 cm³/mol. The van der Waals surface area contributed by atoms with E-state index >= 15 is 0 Å². The normalized spacial score (nSPS) is 17.2. The quantitative estimate of drug-likeness (QED) is 0.589. The molecule has 174 valence electrons. The average Bonchev–Trinajstić information content (AvgIpc) is 2.76. The molecule has 1 aliphatic heterocycles. The fraction of sp³-hybridized carbons (Fsp3) is 0.480. The Balaban J connectivity index is 1.65. The number of hydrogen-bond donors (Lipinski definition) is 1. The molecule has 1 amide bonds. The predicted octanol–water partition coefficient (Wildman–Crippen LogP) is 4.74. The maximum atomic E-state index is 12.8. The number of fused-ring (bicyclic) bond motifs is 1. The Morgan fingerprint density at radius 1 is 1.12 bits per heavy atom. The number of sulfonamides is 1. The van der Waals surface area contributed by atoms with E-state index in [1.54, 1.807) is 12.1 Å². The summed E-state index contributed by atoms with van der Waals surface area (Å²) in [6.07, 6.45) is 4.34. The van der Waals surface area contributed by atoms with Crippen LogP contribution in [-0.2, 0) is 14.8 Å². The summed E-state index contributed by atoms with van der Waals surface area (Å²) in [7, 11) is -3.43. The van der Waals surface area contributed by atoms with Crippen molar-refractivity contribution in [2.45, 2.75) is 64.5 Å². The number of carbonyl (C=O) groups is 1. The van der Waals surface area contributed by atoms with Gasteiger partial charge in [-0.2, -0.15) is 0 Å². The monoisotopic (exact) mass is 458 g/mol. The lowest BCUT2D eigenvalue weighted by Gasteiger charge is -2.41. The third-order valence-electron chi connectivity index (χ3n) is 6.31. The zero-order valence-corrected chi connectivity index (χ0v) is 20.2. The van der Waals surface area contributed by atoms with Gasteiger partial charge in [-0.3, -0.25) is 9.10 Å². The first-order chi connectivity index (χ1) is 15.2. The maximum Gasteiger partial charge on any atom is 0.232 e. The Labute approximate surface area is 192 Å². The zero-order valence-electron chi connectivity index (χ0n) is 19.4. The average molecular weight is 459 g/mol. The van der Waals surface area contributed by atoms with Crippen molar-refractivity contribution in [2.24, 2.45) is 0 Å². The van der Waals surface area contributed by atoms with E-state index in [1.165, 1.54) is 10.6 Å². The summed E-state index contributed by atoms with van der Waals surface area (Å²) in [5.41, 5.74) is 2.39. The van der Waals surface area contributed by atoms with Crippen LogP contribution >= 0.6 is 0 Å². The van der Waals surface area contributed by atoms with Gasteiger partial charge in [-0.15, -0.1) is 0 Å². The highest BCUT2D eigenvalue weighted by atomic mass is 32.2. The van der Waals surface area contributed by atoms with Crippen molar-refractivity contribution in [1.29, 1.82) is 0 Å². The summed E-state index contributed by atoms with van der Waals surface area (Å²) in [6, 6.07) is 15.1. The first-order valence-electron chi connectivity index (χ1n) is 11.3. The molecule has 1 N–H and O–H groups in total. The van der Waals surface area contributed by atoms with Crippen LogP contribution in [0.2, 0.25) is 0 Å². The van der Waals surface area contributed by atoms with E-state index in [2.05, 4.69) is 19.2 Å². The minimum Gasteiger partial charge on any atom is -0.487 e. The van der Waals surface area contributed by atoms with Crippen molar-refractivity contribution in [1.82, 2.24) is 5.32 Å². The number of nitrogens with zero attached hydrogens (tertiary/aromatic N) is 1. The summed E-state index contributed by atoms with van der Waals surface area (Å²) in [4.78, 5) is 12.8. The molecule has 1 heterocycles. The van der Waals surface area contributed by atoms with E-state index in [-0.39, 0.29) is 30.5 Å². The molecule has 0 saturated heterocycles. The molecule has 1 aliphatic rings. The van der Waals surface area contributed by atoms with Gasteiger partial charge in [0.2, 0.25) is 15.9 Å². The number of nitrogens with one attached hydrogen (secondary N) is 1. The standard InChI is InChI=1S/C25H34N2O4S/c1-5-25(6-2)18-22(21-10-7-8-11-23(21)31-25)26-24(28)12-9-17-27(32(4,29)30)20-15-13-19(3)14-16-20/h7-8,10-11,13-16,22H,5-6,9,12,17-18H2,1-4H3,(H,26,28)/t22-/m1/s1. The van der Waals surface area contributed by atoms with Gasteiger partial charge in [0.25, 0.3) is 0 Å². The largest absolute Gasteiger partial charge is 0.487 e. The van der Waals surface area contributed by atoms with Crippen LogP contribution in [0.25, 0.3) is 0 Å². The molecule has 0 aromatic heterocycles. The van der Waals surface area contributed by atoms with Crippen LogP contribution in [0.15, 0.2) is 48.5 Å². The lowest BCUT2D eigenvalue weighted by atomic mass is 9.83. The summed E-state index contributed by atoms with van der Waals surface area (Å²) >= 11 is 0. The van der Waals surface area contributed by atoms with Crippen molar-refractivity contribution >= 4 is 21.6 Å². The van der Waals surface area contributed by atoms with Gasteiger partial charge in [-0.25, -0.2) is 8.42 Å². The van der Waals surface area contributed by atoms with Gasteiger partial charge in [0.15, 0.2) is 0 Å². The second kappa shape index (κ2) is 9.94. The maximum absolute atomic E-state index is 12.8. The molecule has 0 unspecified atom stereocenters. The van der Waals surface area contributed by atoms with Crippen LogP contribution in [0.1, 0.15) is 63.1 Å². The lowest BCUT2D eigenvalue weighted by molar-refractivity contribution is -0.122. The summed E-state index contributed by atoms with van der Waals surface area (Å²) in [5, 5.41) is 3.17. The number of anilines is 1. The topological polar surface area (TPSA) is 75.7 Å². The van der Waals surface area contributed by atoms with Crippen LogP contribution in [0.3, 0.4) is 0 Å². The number of benzene rings is 2. The minimum atomic E-state index is -3.43. The Bertz CT molecular complexity index is 1030. The van der Waals surface area contributed by atoms with Gasteiger partial charge in [0.1, 0.15) is 11.4 Å². The number of carbonyl (C=O) groups excluding carboxylic acids is 1. The molecule has 0 bridgehead atoms. The second-order valence-corrected chi connectivity index (χ2v) is 10.5. The van der Waals surface area contributed by atoms with Gasteiger partial charge in [0, 0.05) is 24.9 Å². The van der Waals surface area contributed by atoms with E-state index in [1.807, 2.05) is 43.3 Å². The third kappa shape index (κ3) is 5.63. The fourth-order valence-electron chi connectivity index (χ4n) is 4.28. The molecule has 0 saturated carbocycles. The summed E-state index contributed by atoms with van der Waals surface area (Å²) < 4.78 is 32.3. The van der Waals surface area contributed by atoms with Gasteiger partial charge >= 0.3 is 0 Å². The van der Waals surface area contributed by atoms with E-state index in [0.717, 1.165) is 36.1 Å². The molecule has 6 nitrogen and oxygen atoms in total. The number of rotatable bonds is 9. The molecule has 7 heteroatoms. The molecular weight excluding hydrogens is 424 g/mol. The van der Waals surface area contributed by atoms with E-state index < -0.39 is 10.0 Å². The van der Waals surface area contributed by atoms with Crippen LogP contribution in [0.5, 0.6) is 5.75 Å². The third-order valence-corrected chi connectivity index (χ3v) is 7.50. The molecule has 3 rings (SSSR count). The van der Waals surface area contributed by atoms with Gasteiger partial charge in [-0.1, -0.05) is 49.7 Å². The van der Waals surface area contributed by atoms with Crippen LogP contribution in [-0.4, -0.2) is 32.7 Å². The zero-order chi connectivity index (χ0) is 23.4. The van der Waals surface area contributed by atoms with Gasteiger partial charge in [0.05, 0.1) is 18.0 Å². The smallest absolute Gasteiger partial charge is 0.232 e. The lowest BCUT2D eigenvalue weighted by Crippen LogP contribution is -2.44. The van der Waals surface area contributed by atoms with E-state index in [9.17, 15) is 13.2 Å². The van der Waals surface area contributed by atoms with E-state index in [0.29, 0.717) is 12.1 Å². The molecule has 1 atom stereocenters. The van der Waals surface area contributed by atoms with Crippen molar-refractivity contribution in [2.75, 3.05) is 17.1 Å². The summed E-state index contributed by atoms with van der Waals surface area (Å²) in [5.74, 6) is 0.750. The molecule has 2 aromatic carbocycles. The second-order valence-electron chi connectivity index (χ2n) is 8.63. The number of hydrogen-bond acceptors (Lipinski definition) is 4. The molecule has 2 aromatic rings. The van der Waals surface area contributed by atoms with Gasteiger partial charge in [-0.05, 0) is 44.4 Å². The Hall–Kier alpha value is -2.54. The first kappa shape index (κ1) is 24.1. The molecule has 0 aliphatic carbocycles. The van der Waals surface area contributed by atoms with Gasteiger partial charge < -0.3 is 10.1 Å². The van der Waals surface area contributed by atoms with Crippen molar-refractivity contribution in [3.05, 3.63) is 59.7 Å². The first-order valence-corrected chi connectivity index (χ1v) is 13.1. The number of amides is 1. The number of aryl methyl sites for hydroxylation is 1. The van der Waals surface area contributed by atoms with Crippen LogP contribution in [0.4, 0.5) is 5.69 Å². The molecule has 0 fully saturated rings. The Morgan fingerprint density at radius 3 is 2.41 bits per heavy atom. The molecular formula is C25H34N2O4S. The fourth-order valence-corrected chi connectivity index (χ4v) is 5.24. The number of ether oxygens (including phenoxy) is 1. The van der Waals surface area contributed by atoms with Crippen molar-refractivity contribution < 1.29 is 17.9 Å². The van der Waals surface area contributed by atoms with Crippen LogP contribution in [0, 0.1) is 6.92 Å². The highest BCUT2D eigenvalue weighted by molar-refractivity contribution is 7.92. The number of para-hydroxylation sites is 1. The molecule has 0 radical (unpaired) electrons. The molecule has 32 heavy (non-hydrogen) atoms. The minimum absolute atomic E-state index is 0.0785. The highest BCUT2D eigenvalue weighted by Crippen LogP contribution is 2.42. The van der Waals surface area contributed by atoms with E-state index in [4.69, 9.17) is 4.74 Å². The molecule has 0 spiro atoms. The Morgan fingerprint density at radius 2 is 1.78 bits per heavy atom.